The molecular formula is C20H21ClN6O2. The lowest BCUT2D eigenvalue weighted by Crippen LogP contribution is -2.49. The molecule has 1 aliphatic rings. The first-order chi connectivity index (χ1) is 14.1. The van der Waals surface area contributed by atoms with E-state index < -0.39 is 0 Å². The molecule has 0 N–H and O–H groups in total. The molecule has 9 heteroatoms. The Bertz CT molecular complexity index is 983. The molecule has 8 nitrogen and oxygen atoms in total. The smallest absolute Gasteiger partial charge is 0.246 e. The zero-order valence-electron chi connectivity index (χ0n) is 16.0. The van der Waals surface area contributed by atoms with E-state index in [0.29, 0.717) is 23.9 Å². The minimum Gasteiger partial charge on any atom is -0.497 e. The fraction of sp³-hybridized carbons (Fsp3) is 0.300. The van der Waals surface area contributed by atoms with E-state index in [1.807, 2.05) is 41.3 Å². The van der Waals surface area contributed by atoms with Gasteiger partial charge < -0.3 is 14.5 Å². The summed E-state index contributed by atoms with van der Waals surface area (Å²) in [5.41, 5.74) is 1.89. The number of anilines is 1. The van der Waals surface area contributed by atoms with Gasteiger partial charge in [-0.25, -0.2) is 0 Å². The van der Waals surface area contributed by atoms with Gasteiger partial charge in [0.05, 0.1) is 7.11 Å². The van der Waals surface area contributed by atoms with Crippen LogP contribution < -0.4 is 9.64 Å². The van der Waals surface area contributed by atoms with Crippen molar-refractivity contribution in [2.45, 2.75) is 6.54 Å². The predicted molar refractivity (Wildman–Crippen MR) is 110 cm³/mol. The predicted octanol–water partition coefficient (Wildman–Crippen LogP) is 2.35. The Morgan fingerprint density at radius 2 is 1.86 bits per heavy atom. The summed E-state index contributed by atoms with van der Waals surface area (Å²) in [6.07, 6.45) is 0. The van der Waals surface area contributed by atoms with Crippen molar-refractivity contribution in [3.05, 3.63) is 53.6 Å². The second-order valence-corrected chi connectivity index (χ2v) is 7.16. The lowest BCUT2D eigenvalue weighted by molar-refractivity contribution is -0.132. The number of amides is 1. The highest BCUT2D eigenvalue weighted by Gasteiger charge is 2.22. The van der Waals surface area contributed by atoms with Gasteiger partial charge in [0.1, 0.15) is 12.3 Å². The molecule has 1 aliphatic heterocycles. The molecule has 0 bridgehead atoms. The number of rotatable bonds is 5. The maximum atomic E-state index is 12.6. The second-order valence-electron chi connectivity index (χ2n) is 6.72. The van der Waals surface area contributed by atoms with Crippen LogP contribution in [0.1, 0.15) is 0 Å². The Morgan fingerprint density at radius 3 is 2.55 bits per heavy atom. The van der Waals surface area contributed by atoms with Gasteiger partial charge in [0.15, 0.2) is 0 Å². The van der Waals surface area contributed by atoms with Gasteiger partial charge in [-0.05, 0) is 41.6 Å². The van der Waals surface area contributed by atoms with Crippen LogP contribution in [0.3, 0.4) is 0 Å². The first kappa shape index (κ1) is 19.2. The number of aromatic nitrogens is 4. The van der Waals surface area contributed by atoms with Crippen LogP contribution in [0.25, 0.3) is 11.4 Å². The van der Waals surface area contributed by atoms with Gasteiger partial charge in [0.2, 0.25) is 11.7 Å². The van der Waals surface area contributed by atoms with E-state index in [4.69, 9.17) is 16.3 Å². The molecule has 4 rings (SSSR count). The molecule has 1 saturated heterocycles. The second kappa shape index (κ2) is 8.48. The van der Waals surface area contributed by atoms with Crippen molar-refractivity contribution >= 4 is 23.2 Å². The first-order valence-electron chi connectivity index (χ1n) is 9.33. The van der Waals surface area contributed by atoms with E-state index in [1.54, 1.807) is 19.2 Å². The van der Waals surface area contributed by atoms with Crippen molar-refractivity contribution in [3.8, 4) is 17.1 Å². The minimum absolute atomic E-state index is 0.0191. The highest BCUT2D eigenvalue weighted by atomic mass is 35.5. The molecule has 0 spiro atoms. The van der Waals surface area contributed by atoms with E-state index in [1.165, 1.54) is 4.80 Å². The van der Waals surface area contributed by atoms with Gasteiger partial charge >= 0.3 is 0 Å². The molecular weight excluding hydrogens is 392 g/mol. The Labute approximate surface area is 173 Å². The molecule has 29 heavy (non-hydrogen) atoms. The molecule has 0 atom stereocenters. The SMILES string of the molecule is COc1ccc(N2CCN(C(=O)Cn3nnc(-c4cccc(Cl)c4)n3)CC2)cc1. The monoisotopic (exact) mass is 412 g/mol. The topological polar surface area (TPSA) is 76.4 Å². The third kappa shape index (κ3) is 4.48. The number of piperazine rings is 1. The number of halogens is 1. The van der Waals surface area contributed by atoms with E-state index >= 15 is 0 Å². The van der Waals surface area contributed by atoms with Crippen molar-refractivity contribution in [1.29, 1.82) is 0 Å². The quantitative estimate of drug-likeness (QED) is 0.640. The van der Waals surface area contributed by atoms with E-state index in [-0.39, 0.29) is 12.5 Å². The average Bonchev–Trinajstić information content (AvgIpc) is 3.22. The average molecular weight is 413 g/mol. The van der Waals surface area contributed by atoms with Gasteiger partial charge in [-0.2, -0.15) is 4.80 Å². The third-order valence-electron chi connectivity index (χ3n) is 4.88. The number of ether oxygens (including phenoxy) is 1. The Morgan fingerprint density at radius 1 is 1.10 bits per heavy atom. The number of hydrogen-bond acceptors (Lipinski definition) is 6. The van der Waals surface area contributed by atoms with Crippen LogP contribution >= 0.6 is 11.6 Å². The molecule has 2 aromatic carbocycles. The Kier molecular flexibility index (Phi) is 5.62. The van der Waals surface area contributed by atoms with Crippen LogP contribution in [0.4, 0.5) is 5.69 Å². The molecule has 0 unspecified atom stereocenters. The fourth-order valence-corrected chi connectivity index (χ4v) is 3.47. The lowest BCUT2D eigenvalue weighted by atomic mass is 10.2. The van der Waals surface area contributed by atoms with Crippen LogP contribution in [0.5, 0.6) is 5.75 Å². The summed E-state index contributed by atoms with van der Waals surface area (Å²) in [5.74, 6) is 1.26. The van der Waals surface area contributed by atoms with Crippen LogP contribution in [0.15, 0.2) is 48.5 Å². The number of nitrogens with zero attached hydrogens (tertiary/aromatic N) is 6. The van der Waals surface area contributed by atoms with E-state index in [9.17, 15) is 4.79 Å². The van der Waals surface area contributed by atoms with E-state index in [0.717, 1.165) is 30.1 Å². The molecule has 3 aromatic rings. The summed E-state index contributed by atoms with van der Waals surface area (Å²) in [7, 11) is 1.65. The summed E-state index contributed by atoms with van der Waals surface area (Å²) in [6, 6.07) is 15.2. The highest BCUT2D eigenvalue weighted by Crippen LogP contribution is 2.21. The molecule has 0 saturated carbocycles. The summed E-state index contributed by atoms with van der Waals surface area (Å²) in [5, 5.41) is 12.9. The fourth-order valence-electron chi connectivity index (χ4n) is 3.28. The van der Waals surface area contributed by atoms with Gasteiger partial charge in [-0.15, -0.1) is 10.2 Å². The van der Waals surface area contributed by atoms with Crippen LogP contribution in [-0.2, 0) is 11.3 Å². The number of tetrazole rings is 1. The molecule has 150 valence electrons. The summed E-state index contributed by atoms with van der Waals surface area (Å²) >= 11 is 6.00. The number of carbonyl (C=O) groups is 1. The zero-order chi connectivity index (χ0) is 20.2. The van der Waals surface area contributed by atoms with Crippen molar-refractivity contribution < 1.29 is 9.53 Å². The zero-order valence-corrected chi connectivity index (χ0v) is 16.8. The van der Waals surface area contributed by atoms with Gasteiger partial charge in [-0.3, -0.25) is 4.79 Å². The maximum absolute atomic E-state index is 12.6. The first-order valence-corrected chi connectivity index (χ1v) is 9.71. The largest absolute Gasteiger partial charge is 0.497 e. The number of carbonyl (C=O) groups excluding carboxylic acids is 1. The summed E-state index contributed by atoms with van der Waals surface area (Å²) in [4.78, 5) is 18.1. The van der Waals surface area contributed by atoms with Crippen LogP contribution in [0.2, 0.25) is 5.02 Å². The molecule has 0 radical (unpaired) electrons. The summed E-state index contributed by atoms with van der Waals surface area (Å²) in [6.45, 7) is 2.92. The molecule has 1 amide bonds. The number of methoxy groups -OCH3 is 1. The standard InChI is InChI=1S/C20H21ClN6O2/c1-29-18-7-5-17(6-8-18)25-9-11-26(12-10-25)19(28)14-27-23-20(22-24-27)15-3-2-4-16(21)13-15/h2-8,13H,9-12,14H2,1H3. The molecule has 0 aliphatic carbocycles. The molecule has 2 heterocycles. The molecule has 1 fully saturated rings. The van der Waals surface area contributed by atoms with Gasteiger partial charge in [-0.1, -0.05) is 23.7 Å². The number of hydrogen-bond donors (Lipinski definition) is 0. The van der Waals surface area contributed by atoms with Crippen LogP contribution in [0, 0.1) is 0 Å². The summed E-state index contributed by atoms with van der Waals surface area (Å²) < 4.78 is 5.20. The van der Waals surface area contributed by atoms with Crippen molar-refractivity contribution in [2.24, 2.45) is 0 Å². The van der Waals surface area contributed by atoms with Gasteiger partial charge in [0, 0.05) is 42.5 Å². The van der Waals surface area contributed by atoms with E-state index in [2.05, 4.69) is 20.3 Å². The number of benzene rings is 2. The van der Waals surface area contributed by atoms with Gasteiger partial charge in [0.25, 0.3) is 0 Å². The Balaban J connectivity index is 1.33. The van der Waals surface area contributed by atoms with Crippen molar-refractivity contribution in [2.75, 3.05) is 38.2 Å². The lowest BCUT2D eigenvalue weighted by Gasteiger charge is -2.36. The van der Waals surface area contributed by atoms with Crippen molar-refractivity contribution in [1.82, 2.24) is 25.1 Å². The maximum Gasteiger partial charge on any atom is 0.246 e. The minimum atomic E-state index is -0.0191. The van der Waals surface area contributed by atoms with Crippen molar-refractivity contribution in [3.63, 3.8) is 0 Å². The normalized spacial score (nSPS) is 14.1. The third-order valence-corrected chi connectivity index (χ3v) is 5.12. The van der Waals surface area contributed by atoms with Crippen LogP contribution in [-0.4, -0.2) is 64.3 Å². The highest BCUT2D eigenvalue weighted by molar-refractivity contribution is 6.30. The molecule has 1 aromatic heterocycles. The Hall–Kier alpha value is -3.13.